The van der Waals surface area contributed by atoms with E-state index in [4.69, 9.17) is 0 Å². The maximum absolute atomic E-state index is 12.7. The van der Waals surface area contributed by atoms with Crippen molar-refractivity contribution in [2.24, 2.45) is 0 Å². The first kappa shape index (κ1) is 9.52. The van der Waals surface area contributed by atoms with Gasteiger partial charge in [0.2, 0.25) is 0 Å². The van der Waals surface area contributed by atoms with E-state index < -0.39 is 11.7 Å². The van der Waals surface area contributed by atoms with Gasteiger partial charge in [0.15, 0.2) is 0 Å². The monoisotopic (exact) mass is 200 g/mol. The molecular formula is C10H9F3N. The van der Waals surface area contributed by atoms with Crippen molar-refractivity contribution in [2.45, 2.75) is 12.5 Å². The van der Waals surface area contributed by atoms with E-state index in [2.05, 4.69) is 6.07 Å². The lowest BCUT2D eigenvalue weighted by Gasteiger charge is -2.38. The molecule has 4 heteroatoms. The standard InChI is InChI=1S/C10H9F3N/c11-9-3-1-2-8(4-9)5-14-6-10(12,13)7-14/h1-2,4H,5-7H2. The Morgan fingerprint density at radius 2 is 2.14 bits per heavy atom. The molecule has 0 aliphatic carbocycles. The van der Waals surface area contributed by atoms with Crippen LogP contribution < -0.4 is 0 Å². The summed E-state index contributed by atoms with van der Waals surface area (Å²) in [5, 5.41) is 0. The van der Waals surface area contributed by atoms with Gasteiger partial charge >= 0.3 is 0 Å². The first-order valence-corrected chi connectivity index (χ1v) is 4.31. The van der Waals surface area contributed by atoms with E-state index in [0.29, 0.717) is 12.1 Å². The predicted molar refractivity (Wildman–Crippen MR) is 45.5 cm³/mol. The normalized spacial score (nSPS) is 20.5. The van der Waals surface area contributed by atoms with Crippen LogP contribution >= 0.6 is 0 Å². The number of hydrogen-bond donors (Lipinski definition) is 0. The summed E-state index contributed by atoms with van der Waals surface area (Å²) in [5.41, 5.74) is 0.705. The van der Waals surface area contributed by atoms with Gasteiger partial charge in [-0.15, -0.1) is 0 Å². The van der Waals surface area contributed by atoms with Gasteiger partial charge in [0, 0.05) is 12.6 Å². The molecule has 0 aromatic heterocycles. The topological polar surface area (TPSA) is 3.24 Å². The number of rotatable bonds is 2. The molecule has 75 valence electrons. The second-order valence-electron chi connectivity index (χ2n) is 3.55. The molecule has 0 spiro atoms. The lowest BCUT2D eigenvalue weighted by Crippen LogP contribution is -2.55. The van der Waals surface area contributed by atoms with E-state index in [1.54, 1.807) is 11.0 Å². The van der Waals surface area contributed by atoms with Crippen molar-refractivity contribution in [1.29, 1.82) is 0 Å². The molecule has 2 rings (SSSR count). The molecule has 0 bridgehead atoms. The van der Waals surface area contributed by atoms with E-state index in [0.717, 1.165) is 0 Å². The average Bonchev–Trinajstić information content (AvgIpc) is 2.00. The highest BCUT2D eigenvalue weighted by Gasteiger charge is 2.43. The lowest BCUT2D eigenvalue weighted by atomic mass is 10.1. The van der Waals surface area contributed by atoms with Crippen molar-refractivity contribution in [3.63, 3.8) is 0 Å². The summed E-state index contributed by atoms with van der Waals surface area (Å²) in [7, 11) is 0. The molecule has 1 aliphatic rings. The van der Waals surface area contributed by atoms with Crippen LogP contribution in [0, 0.1) is 11.9 Å². The summed E-state index contributed by atoms with van der Waals surface area (Å²) in [4.78, 5) is 1.58. The van der Waals surface area contributed by atoms with Gasteiger partial charge in [-0.2, -0.15) is 0 Å². The molecule has 1 heterocycles. The number of likely N-dealkylation sites (tertiary alicyclic amines) is 1. The van der Waals surface area contributed by atoms with Crippen LogP contribution in [0.1, 0.15) is 5.56 Å². The molecule has 0 N–H and O–H groups in total. The van der Waals surface area contributed by atoms with Crippen molar-refractivity contribution >= 4 is 0 Å². The third-order valence-electron chi connectivity index (χ3n) is 2.15. The second-order valence-corrected chi connectivity index (χ2v) is 3.55. The molecule has 1 aromatic carbocycles. The fourth-order valence-corrected chi connectivity index (χ4v) is 1.56. The van der Waals surface area contributed by atoms with E-state index >= 15 is 0 Å². The molecule has 14 heavy (non-hydrogen) atoms. The Hall–Kier alpha value is -1.03. The van der Waals surface area contributed by atoms with Crippen molar-refractivity contribution in [3.05, 3.63) is 35.6 Å². The third kappa shape index (κ3) is 2.07. The molecule has 0 unspecified atom stereocenters. The molecule has 1 saturated heterocycles. The quantitative estimate of drug-likeness (QED) is 0.706. The molecule has 1 aromatic rings. The third-order valence-corrected chi connectivity index (χ3v) is 2.15. The van der Waals surface area contributed by atoms with Crippen molar-refractivity contribution in [2.75, 3.05) is 13.1 Å². The Kier molecular flexibility index (Phi) is 2.23. The molecule has 1 fully saturated rings. The highest BCUT2D eigenvalue weighted by atomic mass is 19.3. The fourth-order valence-electron chi connectivity index (χ4n) is 1.56. The maximum atomic E-state index is 12.7. The zero-order valence-corrected chi connectivity index (χ0v) is 7.43. The maximum Gasteiger partial charge on any atom is 0.272 e. The van der Waals surface area contributed by atoms with Crippen LogP contribution in [-0.4, -0.2) is 23.9 Å². The van der Waals surface area contributed by atoms with Gasteiger partial charge in [0.1, 0.15) is 5.82 Å². The molecule has 0 atom stereocenters. The number of nitrogens with zero attached hydrogens (tertiary/aromatic N) is 1. The van der Waals surface area contributed by atoms with Crippen LogP contribution in [0.25, 0.3) is 0 Å². The first-order chi connectivity index (χ1) is 6.55. The van der Waals surface area contributed by atoms with Gasteiger partial charge < -0.3 is 0 Å². The van der Waals surface area contributed by atoms with E-state index in [1.165, 1.54) is 12.1 Å². The number of hydrogen-bond acceptors (Lipinski definition) is 1. The van der Waals surface area contributed by atoms with E-state index in [9.17, 15) is 13.2 Å². The Balaban J connectivity index is 1.93. The van der Waals surface area contributed by atoms with Crippen molar-refractivity contribution in [1.82, 2.24) is 4.90 Å². The average molecular weight is 200 g/mol. The van der Waals surface area contributed by atoms with Crippen LogP contribution in [0.3, 0.4) is 0 Å². The number of halogens is 3. The smallest absolute Gasteiger partial charge is 0.272 e. The Bertz CT molecular complexity index is 330. The molecule has 0 saturated carbocycles. The van der Waals surface area contributed by atoms with Gasteiger partial charge in [-0.05, 0) is 11.6 Å². The zero-order chi connectivity index (χ0) is 10.2. The summed E-state index contributed by atoms with van der Waals surface area (Å²) in [5.74, 6) is -3.01. The molecule has 1 aliphatic heterocycles. The van der Waals surface area contributed by atoms with Crippen LogP contribution in [0.4, 0.5) is 13.2 Å². The highest BCUT2D eigenvalue weighted by molar-refractivity contribution is 5.15. The van der Waals surface area contributed by atoms with Crippen LogP contribution in [0.2, 0.25) is 0 Å². The van der Waals surface area contributed by atoms with Crippen LogP contribution in [0.5, 0.6) is 0 Å². The highest BCUT2D eigenvalue weighted by Crippen LogP contribution is 2.27. The minimum Gasteiger partial charge on any atom is -0.287 e. The summed E-state index contributed by atoms with van der Waals surface area (Å²) >= 11 is 0. The molecule has 0 amide bonds. The molecule has 1 nitrogen and oxygen atoms in total. The SMILES string of the molecule is Fc1[c]ccc(CN2CC(F)(F)C2)c1. The van der Waals surface area contributed by atoms with E-state index in [1.807, 2.05) is 0 Å². The van der Waals surface area contributed by atoms with Crippen molar-refractivity contribution < 1.29 is 13.2 Å². The molecule has 1 radical (unpaired) electrons. The number of alkyl halides is 2. The Morgan fingerprint density at radius 1 is 1.43 bits per heavy atom. The minimum atomic E-state index is -2.56. The first-order valence-electron chi connectivity index (χ1n) is 4.31. The summed E-state index contributed by atoms with van der Waals surface area (Å²) in [6.07, 6.45) is 0. The summed E-state index contributed by atoms with van der Waals surface area (Å²) in [6, 6.07) is 6.82. The zero-order valence-electron chi connectivity index (χ0n) is 7.43. The second kappa shape index (κ2) is 3.28. The van der Waals surface area contributed by atoms with Gasteiger partial charge in [0.25, 0.3) is 5.92 Å². The van der Waals surface area contributed by atoms with Gasteiger partial charge in [-0.1, -0.05) is 12.1 Å². The lowest BCUT2D eigenvalue weighted by molar-refractivity contribution is -0.133. The Labute approximate surface area is 80.1 Å². The van der Waals surface area contributed by atoms with Gasteiger partial charge in [-0.3, -0.25) is 4.90 Å². The van der Waals surface area contributed by atoms with Crippen LogP contribution in [-0.2, 0) is 6.54 Å². The van der Waals surface area contributed by atoms with Crippen molar-refractivity contribution in [3.8, 4) is 0 Å². The Morgan fingerprint density at radius 3 is 2.71 bits per heavy atom. The predicted octanol–water partition coefficient (Wildman–Crippen LogP) is 2.08. The number of benzene rings is 1. The van der Waals surface area contributed by atoms with Gasteiger partial charge in [0.05, 0.1) is 13.1 Å². The minimum absolute atomic E-state index is 0.229. The van der Waals surface area contributed by atoms with Crippen LogP contribution in [0.15, 0.2) is 18.2 Å². The van der Waals surface area contributed by atoms with Gasteiger partial charge in [-0.25, -0.2) is 13.2 Å². The van der Waals surface area contributed by atoms with E-state index in [-0.39, 0.29) is 13.1 Å². The summed E-state index contributed by atoms with van der Waals surface area (Å²) < 4.78 is 37.6. The fraction of sp³-hybridized carbons (Fsp3) is 0.400. The summed E-state index contributed by atoms with van der Waals surface area (Å²) in [6.45, 7) is -0.0817. The molecular weight excluding hydrogens is 191 g/mol. The largest absolute Gasteiger partial charge is 0.287 e.